The van der Waals surface area contributed by atoms with Gasteiger partial charge in [-0.25, -0.2) is 0 Å². The molecular formula is C9H12N2O2. The molecule has 0 aliphatic carbocycles. The lowest BCUT2D eigenvalue weighted by molar-refractivity contribution is -0.115. The summed E-state index contributed by atoms with van der Waals surface area (Å²) in [6.45, 7) is 1.74. The summed E-state index contributed by atoms with van der Waals surface area (Å²) in [6.07, 6.45) is 3.61. The van der Waals surface area contributed by atoms with Crippen LogP contribution in [-0.4, -0.2) is 10.5 Å². The van der Waals surface area contributed by atoms with Gasteiger partial charge in [-0.15, -0.1) is 0 Å². The molecule has 70 valence electrons. The molecule has 13 heavy (non-hydrogen) atoms. The minimum absolute atomic E-state index is 0.150. The van der Waals surface area contributed by atoms with Gasteiger partial charge < -0.3 is 9.88 Å². The second-order valence-corrected chi connectivity index (χ2v) is 2.79. The molecule has 0 bridgehead atoms. The van der Waals surface area contributed by atoms with Crippen LogP contribution in [0, 0.1) is 0 Å². The van der Waals surface area contributed by atoms with Crippen molar-refractivity contribution in [3.05, 3.63) is 28.7 Å². The Morgan fingerprint density at radius 2 is 2.31 bits per heavy atom. The third kappa shape index (κ3) is 2.43. The number of carbonyl (C=O) groups is 1. The highest BCUT2D eigenvalue weighted by molar-refractivity contribution is 5.90. The van der Waals surface area contributed by atoms with Gasteiger partial charge in [0, 0.05) is 31.9 Å². The maximum absolute atomic E-state index is 11.2. The number of hydrogen-bond donors (Lipinski definition) is 1. The van der Waals surface area contributed by atoms with Crippen LogP contribution in [0.2, 0.25) is 0 Å². The molecule has 0 radical (unpaired) electrons. The fraction of sp³-hybridized carbons (Fsp3) is 0.333. The molecule has 0 aliphatic rings. The SMILES string of the molecule is CCC(=O)Nc1cn(C)ccc1=O. The van der Waals surface area contributed by atoms with Crippen LogP contribution in [0.25, 0.3) is 0 Å². The van der Waals surface area contributed by atoms with Gasteiger partial charge in [-0.05, 0) is 0 Å². The zero-order chi connectivity index (χ0) is 9.84. The van der Waals surface area contributed by atoms with Crippen molar-refractivity contribution in [1.29, 1.82) is 0 Å². The van der Waals surface area contributed by atoms with E-state index >= 15 is 0 Å². The van der Waals surface area contributed by atoms with Gasteiger partial charge in [0.15, 0.2) is 0 Å². The lowest BCUT2D eigenvalue weighted by atomic mass is 10.3. The number of nitrogens with zero attached hydrogens (tertiary/aromatic N) is 1. The minimum atomic E-state index is -0.167. The Morgan fingerprint density at radius 1 is 1.62 bits per heavy atom. The van der Waals surface area contributed by atoms with Crippen LogP contribution < -0.4 is 10.7 Å². The second-order valence-electron chi connectivity index (χ2n) is 2.79. The molecule has 0 atom stereocenters. The van der Waals surface area contributed by atoms with Gasteiger partial charge in [0.1, 0.15) is 5.69 Å². The van der Waals surface area contributed by atoms with Crippen molar-refractivity contribution in [1.82, 2.24) is 4.57 Å². The van der Waals surface area contributed by atoms with E-state index in [2.05, 4.69) is 5.32 Å². The van der Waals surface area contributed by atoms with Crippen molar-refractivity contribution in [2.24, 2.45) is 7.05 Å². The molecule has 0 unspecified atom stereocenters. The molecule has 4 heteroatoms. The minimum Gasteiger partial charge on any atom is -0.355 e. The van der Waals surface area contributed by atoms with E-state index < -0.39 is 0 Å². The Morgan fingerprint density at radius 3 is 2.92 bits per heavy atom. The number of pyridine rings is 1. The van der Waals surface area contributed by atoms with Gasteiger partial charge in [0.2, 0.25) is 11.3 Å². The van der Waals surface area contributed by atoms with Gasteiger partial charge >= 0.3 is 0 Å². The summed E-state index contributed by atoms with van der Waals surface area (Å²) in [5.41, 5.74) is 0.164. The average molecular weight is 180 g/mol. The van der Waals surface area contributed by atoms with Crippen molar-refractivity contribution < 1.29 is 4.79 Å². The molecule has 1 amide bonds. The average Bonchev–Trinajstić information content (AvgIpc) is 2.11. The fourth-order valence-corrected chi connectivity index (χ4v) is 0.918. The highest BCUT2D eigenvalue weighted by Gasteiger charge is 2.02. The van der Waals surface area contributed by atoms with Crippen molar-refractivity contribution in [2.45, 2.75) is 13.3 Å². The number of anilines is 1. The van der Waals surface area contributed by atoms with E-state index in [1.165, 1.54) is 6.07 Å². The predicted octanol–water partition coefficient (Wildman–Crippen LogP) is 0.734. The zero-order valence-electron chi connectivity index (χ0n) is 7.70. The fourth-order valence-electron chi connectivity index (χ4n) is 0.918. The van der Waals surface area contributed by atoms with Gasteiger partial charge in [0.05, 0.1) is 0 Å². The monoisotopic (exact) mass is 180 g/mol. The zero-order valence-corrected chi connectivity index (χ0v) is 7.70. The molecule has 0 spiro atoms. The summed E-state index contributed by atoms with van der Waals surface area (Å²) >= 11 is 0. The first-order chi connectivity index (χ1) is 6.13. The third-order valence-electron chi connectivity index (χ3n) is 1.65. The molecule has 0 fully saturated rings. The Kier molecular flexibility index (Phi) is 2.84. The van der Waals surface area contributed by atoms with Crippen molar-refractivity contribution >= 4 is 11.6 Å². The number of carbonyl (C=O) groups excluding carboxylic acids is 1. The number of nitrogens with one attached hydrogen (secondary N) is 1. The van der Waals surface area contributed by atoms with E-state index in [0.29, 0.717) is 12.1 Å². The van der Waals surface area contributed by atoms with Gasteiger partial charge in [0.25, 0.3) is 0 Å². The molecule has 0 aromatic carbocycles. The summed E-state index contributed by atoms with van der Waals surface area (Å²) in [4.78, 5) is 22.2. The van der Waals surface area contributed by atoms with Crippen LogP contribution >= 0.6 is 0 Å². The summed E-state index contributed by atoms with van der Waals surface area (Å²) in [5.74, 6) is -0.150. The molecule has 1 aromatic rings. The molecule has 4 nitrogen and oxygen atoms in total. The molecule has 1 rings (SSSR count). The second kappa shape index (κ2) is 3.89. The quantitative estimate of drug-likeness (QED) is 0.729. The number of rotatable bonds is 2. The smallest absolute Gasteiger partial charge is 0.224 e. The number of hydrogen-bond acceptors (Lipinski definition) is 2. The lowest BCUT2D eigenvalue weighted by Gasteiger charge is -2.03. The molecule has 0 saturated carbocycles. The Balaban J connectivity index is 2.94. The summed E-state index contributed by atoms with van der Waals surface area (Å²) in [6, 6.07) is 1.42. The number of amides is 1. The van der Waals surface area contributed by atoms with E-state index in [9.17, 15) is 9.59 Å². The molecule has 0 aliphatic heterocycles. The highest BCUT2D eigenvalue weighted by Crippen LogP contribution is 1.97. The standard InChI is InChI=1S/C9H12N2O2/c1-3-9(13)10-7-6-11(2)5-4-8(7)12/h4-6H,3H2,1-2H3,(H,10,13). The van der Waals surface area contributed by atoms with Gasteiger partial charge in [-0.2, -0.15) is 0 Å². The predicted molar refractivity (Wildman–Crippen MR) is 50.6 cm³/mol. The van der Waals surface area contributed by atoms with Crippen LogP contribution in [0.3, 0.4) is 0 Å². The topological polar surface area (TPSA) is 51.1 Å². The first kappa shape index (κ1) is 9.51. The van der Waals surface area contributed by atoms with Gasteiger partial charge in [-0.1, -0.05) is 6.92 Å². The molecular weight excluding hydrogens is 168 g/mol. The first-order valence-corrected chi connectivity index (χ1v) is 4.09. The highest BCUT2D eigenvalue weighted by atomic mass is 16.2. The van der Waals surface area contributed by atoms with Crippen molar-refractivity contribution in [3.63, 3.8) is 0 Å². The lowest BCUT2D eigenvalue weighted by Crippen LogP contribution is -2.17. The molecule has 1 aromatic heterocycles. The van der Waals surface area contributed by atoms with E-state index in [1.807, 2.05) is 0 Å². The molecule has 1 N–H and O–H groups in total. The van der Waals surface area contributed by atoms with Crippen LogP contribution in [0.4, 0.5) is 5.69 Å². The maximum Gasteiger partial charge on any atom is 0.224 e. The van der Waals surface area contributed by atoms with Crippen LogP contribution in [-0.2, 0) is 11.8 Å². The van der Waals surface area contributed by atoms with Crippen LogP contribution in [0.1, 0.15) is 13.3 Å². The number of aromatic nitrogens is 1. The normalized spacial score (nSPS) is 9.69. The van der Waals surface area contributed by atoms with Crippen LogP contribution in [0.5, 0.6) is 0 Å². The van der Waals surface area contributed by atoms with Crippen molar-refractivity contribution in [3.8, 4) is 0 Å². The summed E-state index contributed by atoms with van der Waals surface area (Å²) in [5, 5.41) is 2.53. The van der Waals surface area contributed by atoms with E-state index in [-0.39, 0.29) is 11.3 Å². The van der Waals surface area contributed by atoms with Crippen LogP contribution in [0.15, 0.2) is 23.3 Å². The van der Waals surface area contributed by atoms with E-state index in [4.69, 9.17) is 0 Å². The summed E-state index contributed by atoms with van der Waals surface area (Å²) in [7, 11) is 1.79. The first-order valence-electron chi connectivity index (χ1n) is 4.09. The maximum atomic E-state index is 11.2. The number of aryl methyl sites for hydroxylation is 1. The Labute approximate surface area is 76.2 Å². The summed E-state index contributed by atoms with van der Waals surface area (Å²) < 4.78 is 1.71. The Bertz CT molecular complexity index is 368. The van der Waals surface area contributed by atoms with Crippen molar-refractivity contribution in [2.75, 3.05) is 5.32 Å². The van der Waals surface area contributed by atoms with E-state index in [0.717, 1.165) is 0 Å². The molecule has 1 heterocycles. The van der Waals surface area contributed by atoms with E-state index in [1.54, 1.807) is 30.9 Å². The largest absolute Gasteiger partial charge is 0.355 e. The Hall–Kier alpha value is -1.58. The van der Waals surface area contributed by atoms with Gasteiger partial charge in [-0.3, -0.25) is 9.59 Å². The third-order valence-corrected chi connectivity index (χ3v) is 1.65. The molecule has 0 saturated heterocycles.